The molecule has 0 atom stereocenters. The number of hydrogen-bond acceptors (Lipinski definition) is 2. The van der Waals surface area contributed by atoms with E-state index in [1.54, 1.807) is 0 Å². The summed E-state index contributed by atoms with van der Waals surface area (Å²) in [6, 6.07) is 18.6. The fraction of sp³-hybridized carbons (Fsp3) is 0.0526. The van der Waals surface area contributed by atoms with Gasteiger partial charge >= 0.3 is 0 Å². The minimum absolute atomic E-state index is 0.910. The maximum atomic E-state index is 5.99. The van der Waals surface area contributed by atoms with Crippen molar-refractivity contribution in [1.29, 1.82) is 0 Å². The molecule has 0 radical (unpaired) electrons. The van der Waals surface area contributed by atoms with E-state index in [1.807, 2.05) is 24.3 Å². The van der Waals surface area contributed by atoms with E-state index in [1.165, 1.54) is 5.56 Å². The van der Waals surface area contributed by atoms with Crippen molar-refractivity contribution < 1.29 is 8.83 Å². The summed E-state index contributed by atoms with van der Waals surface area (Å²) in [4.78, 5) is 0. The van der Waals surface area contributed by atoms with Crippen molar-refractivity contribution in [2.75, 3.05) is 0 Å². The Kier molecular flexibility index (Phi) is 1.92. The summed E-state index contributed by atoms with van der Waals surface area (Å²) in [6.45, 7) is 2.10. The molecule has 0 bridgehead atoms. The molecule has 2 aromatic heterocycles. The predicted molar refractivity (Wildman–Crippen MR) is 85.7 cm³/mol. The molecule has 0 N–H and O–H groups in total. The van der Waals surface area contributed by atoms with E-state index < -0.39 is 0 Å². The largest absolute Gasteiger partial charge is 0.456 e. The first kappa shape index (κ1) is 11.0. The van der Waals surface area contributed by atoms with Crippen LogP contribution in [0.3, 0.4) is 0 Å². The molecule has 2 heteroatoms. The first-order chi connectivity index (χ1) is 10.3. The highest BCUT2D eigenvalue weighted by Gasteiger charge is 2.12. The van der Waals surface area contributed by atoms with Crippen LogP contribution < -0.4 is 0 Å². The van der Waals surface area contributed by atoms with Gasteiger partial charge in [0, 0.05) is 21.5 Å². The summed E-state index contributed by atoms with van der Waals surface area (Å²) in [5, 5.41) is 4.49. The van der Waals surface area contributed by atoms with Gasteiger partial charge < -0.3 is 8.83 Å². The monoisotopic (exact) mass is 272 g/mol. The molecule has 0 unspecified atom stereocenters. The molecular weight excluding hydrogens is 260 g/mol. The summed E-state index contributed by atoms with van der Waals surface area (Å²) < 4.78 is 12.0. The number of hydrogen-bond donors (Lipinski definition) is 0. The van der Waals surface area contributed by atoms with E-state index in [-0.39, 0.29) is 0 Å². The number of fused-ring (bicyclic) bond motifs is 6. The quantitative estimate of drug-likeness (QED) is 0.356. The van der Waals surface area contributed by atoms with Crippen LogP contribution >= 0.6 is 0 Å². The van der Waals surface area contributed by atoms with E-state index in [9.17, 15) is 0 Å². The summed E-state index contributed by atoms with van der Waals surface area (Å²) in [6.07, 6.45) is 0. The van der Waals surface area contributed by atoms with E-state index in [0.29, 0.717) is 0 Å². The molecule has 2 heterocycles. The topological polar surface area (TPSA) is 26.3 Å². The van der Waals surface area contributed by atoms with Gasteiger partial charge in [0.25, 0.3) is 0 Å². The van der Waals surface area contributed by atoms with E-state index in [2.05, 4.69) is 37.3 Å². The molecule has 0 saturated carbocycles. The van der Waals surface area contributed by atoms with Crippen LogP contribution in [0.25, 0.3) is 43.9 Å². The second-order valence-electron chi connectivity index (χ2n) is 5.54. The Hall–Kier alpha value is -2.74. The molecule has 3 aromatic carbocycles. The fourth-order valence-electron chi connectivity index (χ4n) is 3.11. The highest BCUT2D eigenvalue weighted by molar-refractivity contribution is 6.14. The summed E-state index contributed by atoms with van der Waals surface area (Å²) in [5.41, 5.74) is 4.89. The van der Waals surface area contributed by atoms with Crippen LogP contribution in [-0.4, -0.2) is 0 Å². The van der Waals surface area contributed by atoms with Gasteiger partial charge in [0.05, 0.1) is 0 Å². The molecule has 5 rings (SSSR count). The summed E-state index contributed by atoms with van der Waals surface area (Å²) in [7, 11) is 0. The first-order valence-electron chi connectivity index (χ1n) is 7.04. The van der Waals surface area contributed by atoms with Gasteiger partial charge in [-0.05, 0) is 37.3 Å². The lowest BCUT2D eigenvalue weighted by molar-refractivity contribution is 0.664. The SMILES string of the molecule is Cc1ccc2oc3cc4c(cc3c2c1)oc1ccccc14. The lowest BCUT2D eigenvalue weighted by Crippen LogP contribution is -1.71. The van der Waals surface area contributed by atoms with Gasteiger partial charge in [-0.3, -0.25) is 0 Å². The third-order valence-electron chi connectivity index (χ3n) is 4.12. The number of rotatable bonds is 0. The van der Waals surface area contributed by atoms with E-state index >= 15 is 0 Å². The van der Waals surface area contributed by atoms with Crippen molar-refractivity contribution in [1.82, 2.24) is 0 Å². The second-order valence-corrected chi connectivity index (χ2v) is 5.54. The van der Waals surface area contributed by atoms with Crippen molar-refractivity contribution in [3.8, 4) is 0 Å². The van der Waals surface area contributed by atoms with Gasteiger partial charge in [-0.15, -0.1) is 0 Å². The average Bonchev–Trinajstić information content (AvgIpc) is 3.02. The predicted octanol–water partition coefficient (Wildman–Crippen LogP) is 5.79. The molecule has 0 aliphatic rings. The number of para-hydroxylation sites is 1. The van der Waals surface area contributed by atoms with Crippen molar-refractivity contribution in [3.05, 3.63) is 60.2 Å². The molecule has 2 nitrogen and oxygen atoms in total. The third kappa shape index (κ3) is 1.42. The van der Waals surface area contributed by atoms with Crippen LogP contribution in [0.15, 0.2) is 63.4 Å². The van der Waals surface area contributed by atoms with Crippen molar-refractivity contribution in [3.63, 3.8) is 0 Å². The Labute approximate surface area is 120 Å². The Balaban J connectivity index is 2.02. The normalized spacial score (nSPS) is 12.0. The molecule has 0 aliphatic heterocycles. The minimum Gasteiger partial charge on any atom is -0.456 e. The molecular formula is C19H12O2. The molecule has 0 saturated heterocycles. The smallest absolute Gasteiger partial charge is 0.136 e. The highest BCUT2D eigenvalue weighted by atomic mass is 16.3. The number of furan rings is 2. The maximum absolute atomic E-state index is 5.99. The Morgan fingerprint density at radius 3 is 2.00 bits per heavy atom. The Morgan fingerprint density at radius 2 is 1.19 bits per heavy atom. The van der Waals surface area contributed by atoms with Crippen LogP contribution in [-0.2, 0) is 0 Å². The van der Waals surface area contributed by atoms with Crippen LogP contribution in [0.2, 0.25) is 0 Å². The molecule has 0 aliphatic carbocycles. The first-order valence-corrected chi connectivity index (χ1v) is 7.04. The number of benzene rings is 3. The van der Waals surface area contributed by atoms with Gasteiger partial charge in [0.2, 0.25) is 0 Å². The molecule has 0 amide bonds. The molecule has 5 aromatic rings. The zero-order valence-corrected chi connectivity index (χ0v) is 11.5. The van der Waals surface area contributed by atoms with Crippen molar-refractivity contribution >= 4 is 43.9 Å². The van der Waals surface area contributed by atoms with Crippen LogP contribution in [0.1, 0.15) is 5.56 Å². The lowest BCUT2D eigenvalue weighted by atomic mass is 10.1. The van der Waals surface area contributed by atoms with Crippen LogP contribution in [0.4, 0.5) is 0 Å². The Bertz CT molecular complexity index is 1140. The lowest BCUT2D eigenvalue weighted by Gasteiger charge is -1.92. The molecule has 0 spiro atoms. The van der Waals surface area contributed by atoms with Crippen molar-refractivity contribution in [2.45, 2.75) is 6.92 Å². The van der Waals surface area contributed by atoms with Gasteiger partial charge in [0.1, 0.15) is 22.3 Å². The van der Waals surface area contributed by atoms with Gasteiger partial charge in [0.15, 0.2) is 0 Å². The zero-order valence-electron chi connectivity index (χ0n) is 11.5. The van der Waals surface area contributed by atoms with Gasteiger partial charge in [-0.2, -0.15) is 0 Å². The fourth-order valence-corrected chi connectivity index (χ4v) is 3.11. The molecule has 0 fully saturated rings. The van der Waals surface area contributed by atoms with E-state index in [0.717, 1.165) is 43.9 Å². The Morgan fingerprint density at radius 1 is 0.571 bits per heavy atom. The van der Waals surface area contributed by atoms with Crippen LogP contribution in [0.5, 0.6) is 0 Å². The standard InChI is InChI=1S/C19H12O2/c1-11-6-7-17-13(8-11)15-10-18-14(9-19(15)21-17)12-4-2-3-5-16(12)20-18/h2-10H,1H3. The molecule has 21 heavy (non-hydrogen) atoms. The zero-order chi connectivity index (χ0) is 14.0. The number of aryl methyl sites for hydroxylation is 1. The van der Waals surface area contributed by atoms with Gasteiger partial charge in [-0.25, -0.2) is 0 Å². The summed E-state index contributed by atoms with van der Waals surface area (Å²) in [5.74, 6) is 0. The highest BCUT2D eigenvalue weighted by Crippen LogP contribution is 2.36. The summed E-state index contributed by atoms with van der Waals surface area (Å²) >= 11 is 0. The van der Waals surface area contributed by atoms with Crippen LogP contribution in [0, 0.1) is 6.92 Å². The van der Waals surface area contributed by atoms with Crippen molar-refractivity contribution in [2.24, 2.45) is 0 Å². The molecule has 100 valence electrons. The second kappa shape index (κ2) is 3.67. The van der Waals surface area contributed by atoms with Gasteiger partial charge in [-0.1, -0.05) is 29.8 Å². The third-order valence-corrected chi connectivity index (χ3v) is 4.12. The minimum atomic E-state index is 0.910. The maximum Gasteiger partial charge on any atom is 0.136 e. The average molecular weight is 272 g/mol. The van der Waals surface area contributed by atoms with E-state index in [4.69, 9.17) is 8.83 Å².